The van der Waals surface area contributed by atoms with Crippen molar-refractivity contribution in [2.45, 2.75) is 25.7 Å². The molecule has 0 aromatic carbocycles. The van der Waals surface area contributed by atoms with Crippen molar-refractivity contribution in [3.63, 3.8) is 0 Å². The van der Waals surface area contributed by atoms with Crippen LogP contribution in [-0.2, 0) is 5.41 Å². The van der Waals surface area contributed by atoms with Crippen molar-refractivity contribution < 1.29 is 4.39 Å². The molecular weight excluding hydrogens is 179 g/mol. The van der Waals surface area contributed by atoms with Crippen LogP contribution in [0.5, 0.6) is 0 Å². The second-order valence-corrected chi connectivity index (χ2v) is 4.13. The molecule has 0 amide bonds. The van der Waals surface area contributed by atoms with E-state index in [0.29, 0.717) is 0 Å². The summed E-state index contributed by atoms with van der Waals surface area (Å²) in [5.41, 5.74) is 0.922. The van der Waals surface area contributed by atoms with Crippen molar-refractivity contribution in [2.75, 3.05) is 13.6 Å². The van der Waals surface area contributed by atoms with Crippen LogP contribution in [0.2, 0.25) is 0 Å². The minimum absolute atomic E-state index is 0.0297. The molecule has 0 radical (unpaired) electrons. The third kappa shape index (κ3) is 2.77. The number of nitrogens with one attached hydrogen (secondary N) is 1. The van der Waals surface area contributed by atoms with Gasteiger partial charge in [-0.3, -0.25) is 4.98 Å². The lowest BCUT2D eigenvalue weighted by Gasteiger charge is -2.24. The summed E-state index contributed by atoms with van der Waals surface area (Å²) in [7, 11) is 1.92. The van der Waals surface area contributed by atoms with E-state index in [0.717, 1.165) is 18.5 Å². The van der Waals surface area contributed by atoms with Gasteiger partial charge in [-0.1, -0.05) is 13.8 Å². The Morgan fingerprint density at radius 3 is 2.71 bits per heavy atom. The second kappa shape index (κ2) is 4.51. The van der Waals surface area contributed by atoms with Gasteiger partial charge >= 0.3 is 0 Å². The van der Waals surface area contributed by atoms with Crippen molar-refractivity contribution in [3.8, 4) is 0 Å². The van der Waals surface area contributed by atoms with E-state index in [2.05, 4.69) is 24.1 Å². The van der Waals surface area contributed by atoms with Gasteiger partial charge in [-0.25, -0.2) is 4.39 Å². The molecule has 0 aliphatic heterocycles. The van der Waals surface area contributed by atoms with Crippen LogP contribution < -0.4 is 5.32 Å². The monoisotopic (exact) mass is 196 g/mol. The highest BCUT2D eigenvalue weighted by Crippen LogP contribution is 2.26. The molecule has 1 rings (SSSR count). The first-order valence-corrected chi connectivity index (χ1v) is 4.82. The largest absolute Gasteiger partial charge is 0.320 e. The van der Waals surface area contributed by atoms with Crippen molar-refractivity contribution in [1.29, 1.82) is 0 Å². The topological polar surface area (TPSA) is 24.9 Å². The fraction of sp³-hybridized carbons (Fsp3) is 0.545. The maximum atomic E-state index is 12.9. The molecule has 0 spiro atoms. The van der Waals surface area contributed by atoms with Crippen LogP contribution in [0.1, 0.15) is 25.8 Å². The normalized spacial score (nSPS) is 11.7. The number of aromatic nitrogens is 1. The zero-order valence-electron chi connectivity index (χ0n) is 8.97. The Morgan fingerprint density at radius 1 is 1.43 bits per heavy atom. The zero-order chi connectivity index (χ0) is 10.6. The Morgan fingerprint density at radius 2 is 2.14 bits per heavy atom. The number of rotatable bonds is 4. The molecule has 1 aromatic heterocycles. The van der Waals surface area contributed by atoms with Crippen molar-refractivity contribution in [2.24, 2.45) is 0 Å². The summed E-state index contributed by atoms with van der Waals surface area (Å²) in [5.74, 6) is -0.264. The minimum atomic E-state index is -0.264. The van der Waals surface area contributed by atoms with Crippen molar-refractivity contribution in [1.82, 2.24) is 10.3 Å². The van der Waals surface area contributed by atoms with Gasteiger partial charge in [0.1, 0.15) is 5.82 Å². The highest BCUT2D eigenvalue weighted by Gasteiger charge is 2.20. The maximum Gasteiger partial charge on any atom is 0.141 e. The zero-order valence-corrected chi connectivity index (χ0v) is 8.97. The van der Waals surface area contributed by atoms with E-state index in [9.17, 15) is 4.39 Å². The number of pyridine rings is 1. The molecule has 0 saturated heterocycles. The predicted molar refractivity (Wildman–Crippen MR) is 55.8 cm³/mol. The molecule has 1 aromatic rings. The average molecular weight is 196 g/mol. The van der Waals surface area contributed by atoms with Gasteiger partial charge in [0.2, 0.25) is 0 Å². The molecule has 0 atom stereocenters. The minimum Gasteiger partial charge on any atom is -0.320 e. The molecule has 0 fully saturated rings. The third-order valence-electron chi connectivity index (χ3n) is 2.49. The summed E-state index contributed by atoms with van der Waals surface area (Å²) in [6, 6.07) is 1.56. The lowest BCUT2D eigenvalue weighted by atomic mass is 9.82. The second-order valence-electron chi connectivity index (χ2n) is 4.13. The summed E-state index contributed by atoms with van der Waals surface area (Å²) >= 11 is 0. The van der Waals surface area contributed by atoms with Crippen LogP contribution in [0.25, 0.3) is 0 Å². The Hall–Kier alpha value is -0.960. The lowest BCUT2D eigenvalue weighted by Crippen LogP contribution is -2.23. The average Bonchev–Trinajstić information content (AvgIpc) is 2.15. The van der Waals surface area contributed by atoms with Gasteiger partial charge in [-0.15, -0.1) is 0 Å². The summed E-state index contributed by atoms with van der Waals surface area (Å²) in [6.45, 7) is 5.12. The molecule has 2 nitrogen and oxygen atoms in total. The highest BCUT2D eigenvalue weighted by atomic mass is 19.1. The van der Waals surface area contributed by atoms with Gasteiger partial charge in [0.25, 0.3) is 0 Å². The molecule has 0 aliphatic carbocycles. The van der Waals surface area contributed by atoms with E-state index in [1.54, 1.807) is 12.3 Å². The van der Waals surface area contributed by atoms with Crippen LogP contribution in [0.4, 0.5) is 4.39 Å². The van der Waals surface area contributed by atoms with Crippen molar-refractivity contribution in [3.05, 3.63) is 29.8 Å². The maximum absolute atomic E-state index is 12.9. The number of halogens is 1. The van der Waals surface area contributed by atoms with Gasteiger partial charge in [0.05, 0.1) is 6.20 Å². The van der Waals surface area contributed by atoms with E-state index >= 15 is 0 Å². The van der Waals surface area contributed by atoms with Crippen LogP contribution in [0.15, 0.2) is 18.5 Å². The molecule has 0 unspecified atom stereocenters. The fourth-order valence-corrected chi connectivity index (χ4v) is 1.36. The van der Waals surface area contributed by atoms with Crippen LogP contribution in [0, 0.1) is 5.82 Å². The van der Waals surface area contributed by atoms with Gasteiger partial charge in [0.15, 0.2) is 0 Å². The molecule has 1 heterocycles. The van der Waals surface area contributed by atoms with Crippen LogP contribution >= 0.6 is 0 Å². The Bertz CT molecular complexity index is 297. The van der Waals surface area contributed by atoms with Crippen molar-refractivity contribution >= 4 is 0 Å². The molecule has 14 heavy (non-hydrogen) atoms. The van der Waals surface area contributed by atoms with E-state index in [-0.39, 0.29) is 11.2 Å². The molecule has 3 heteroatoms. The third-order valence-corrected chi connectivity index (χ3v) is 2.49. The summed E-state index contributed by atoms with van der Waals surface area (Å²) < 4.78 is 12.9. The van der Waals surface area contributed by atoms with E-state index < -0.39 is 0 Å². The highest BCUT2D eigenvalue weighted by molar-refractivity contribution is 5.20. The molecule has 78 valence electrons. The fourth-order valence-electron chi connectivity index (χ4n) is 1.36. The summed E-state index contributed by atoms with van der Waals surface area (Å²) in [4.78, 5) is 3.86. The molecular formula is C11H17FN2. The molecule has 0 aliphatic rings. The van der Waals surface area contributed by atoms with E-state index in [4.69, 9.17) is 0 Å². The first-order valence-electron chi connectivity index (χ1n) is 4.82. The lowest BCUT2D eigenvalue weighted by molar-refractivity contribution is 0.463. The first kappa shape index (κ1) is 11.1. The summed E-state index contributed by atoms with van der Waals surface area (Å²) in [6.07, 6.45) is 3.94. The van der Waals surface area contributed by atoms with E-state index in [1.807, 2.05) is 7.05 Å². The number of hydrogen-bond donors (Lipinski definition) is 1. The Labute approximate surface area is 84.6 Å². The standard InChI is InChI=1S/C11H17FN2/c1-11(2,4-5-13-3)9-6-10(12)8-14-7-9/h6-8,13H,4-5H2,1-3H3. The van der Waals surface area contributed by atoms with Crippen LogP contribution in [-0.4, -0.2) is 18.6 Å². The smallest absolute Gasteiger partial charge is 0.141 e. The quantitative estimate of drug-likeness (QED) is 0.797. The molecule has 0 bridgehead atoms. The first-order chi connectivity index (χ1) is 6.56. The van der Waals surface area contributed by atoms with Crippen LogP contribution in [0.3, 0.4) is 0 Å². The number of hydrogen-bond acceptors (Lipinski definition) is 2. The Kier molecular flexibility index (Phi) is 3.58. The summed E-state index contributed by atoms with van der Waals surface area (Å²) in [5, 5.41) is 3.09. The van der Waals surface area contributed by atoms with Gasteiger partial charge in [-0.05, 0) is 37.1 Å². The Balaban J connectivity index is 2.80. The SMILES string of the molecule is CNCCC(C)(C)c1cncc(F)c1. The van der Waals surface area contributed by atoms with E-state index in [1.165, 1.54) is 6.20 Å². The van der Waals surface area contributed by atoms with Gasteiger partial charge in [0, 0.05) is 6.20 Å². The van der Waals surface area contributed by atoms with Gasteiger partial charge < -0.3 is 5.32 Å². The predicted octanol–water partition coefficient (Wildman–Crippen LogP) is 2.11. The molecule has 0 saturated carbocycles. The number of nitrogens with zero attached hydrogens (tertiary/aromatic N) is 1. The molecule has 1 N–H and O–H groups in total. The van der Waals surface area contributed by atoms with Gasteiger partial charge in [-0.2, -0.15) is 0 Å².